The van der Waals surface area contributed by atoms with Crippen molar-refractivity contribution in [1.29, 1.82) is 0 Å². The average Bonchev–Trinajstić information content (AvgIpc) is 3.29. The van der Waals surface area contributed by atoms with E-state index in [4.69, 9.17) is 16.3 Å². The summed E-state index contributed by atoms with van der Waals surface area (Å²) in [4.78, 5) is 12.4. The molecule has 0 radical (unpaired) electrons. The van der Waals surface area contributed by atoms with Gasteiger partial charge in [-0.1, -0.05) is 53.7 Å². The molecule has 0 unspecified atom stereocenters. The van der Waals surface area contributed by atoms with Gasteiger partial charge in [-0.3, -0.25) is 9.36 Å². The van der Waals surface area contributed by atoms with Gasteiger partial charge in [-0.15, -0.1) is 10.2 Å². The molecule has 4 aromatic rings. The molecule has 10 heteroatoms. The molecular weight excluding hydrogens is 474 g/mol. The molecule has 0 fully saturated rings. The first kappa shape index (κ1) is 23.3. The number of rotatable bonds is 8. The van der Waals surface area contributed by atoms with Crippen molar-refractivity contribution in [3.05, 3.63) is 83.4 Å². The van der Waals surface area contributed by atoms with Crippen LogP contribution in [0.15, 0.2) is 83.1 Å². The fourth-order valence-electron chi connectivity index (χ4n) is 3.08. The molecule has 1 aromatic heterocycles. The van der Waals surface area contributed by atoms with Gasteiger partial charge >= 0.3 is 0 Å². The normalized spacial score (nSPS) is 11.0. The van der Waals surface area contributed by atoms with E-state index in [1.807, 2.05) is 47.0 Å². The van der Waals surface area contributed by atoms with Gasteiger partial charge in [0.15, 0.2) is 22.5 Å². The third-order valence-electron chi connectivity index (χ3n) is 4.69. The van der Waals surface area contributed by atoms with Gasteiger partial charge in [0.05, 0.1) is 19.1 Å². The molecule has 8 nitrogen and oxygen atoms in total. The number of thioether (sulfide) groups is 1. The van der Waals surface area contributed by atoms with Gasteiger partial charge in [0.25, 0.3) is 5.91 Å². The summed E-state index contributed by atoms with van der Waals surface area (Å²) in [6.45, 7) is 0. The zero-order valence-electron chi connectivity index (χ0n) is 18.1. The Morgan fingerprint density at radius 1 is 1.15 bits per heavy atom. The van der Waals surface area contributed by atoms with Crippen LogP contribution in [0.5, 0.6) is 11.5 Å². The van der Waals surface area contributed by atoms with Crippen molar-refractivity contribution in [3.63, 3.8) is 0 Å². The van der Waals surface area contributed by atoms with Gasteiger partial charge in [0.2, 0.25) is 0 Å². The van der Waals surface area contributed by atoms with E-state index in [-0.39, 0.29) is 17.4 Å². The summed E-state index contributed by atoms with van der Waals surface area (Å²) in [7, 11) is 1.46. The molecule has 4 rings (SSSR count). The monoisotopic (exact) mass is 493 g/mol. The lowest BCUT2D eigenvalue weighted by Crippen LogP contribution is -2.20. The van der Waals surface area contributed by atoms with Crippen molar-refractivity contribution < 1.29 is 14.6 Å². The molecule has 2 N–H and O–H groups in total. The Morgan fingerprint density at radius 2 is 1.91 bits per heavy atom. The number of ether oxygens (including phenoxy) is 1. The second-order valence-electron chi connectivity index (χ2n) is 7.00. The van der Waals surface area contributed by atoms with Gasteiger partial charge in [-0.05, 0) is 48.0 Å². The second kappa shape index (κ2) is 10.9. The highest BCUT2D eigenvalue weighted by molar-refractivity contribution is 7.99. The minimum Gasteiger partial charge on any atom is -0.504 e. The number of amides is 1. The molecule has 1 heterocycles. The van der Waals surface area contributed by atoms with E-state index in [0.29, 0.717) is 27.3 Å². The summed E-state index contributed by atoms with van der Waals surface area (Å²) < 4.78 is 6.95. The average molecular weight is 494 g/mol. The Morgan fingerprint density at radius 3 is 2.65 bits per heavy atom. The van der Waals surface area contributed by atoms with Crippen molar-refractivity contribution in [2.24, 2.45) is 5.10 Å². The van der Waals surface area contributed by atoms with E-state index in [2.05, 4.69) is 20.7 Å². The van der Waals surface area contributed by atoms with E-state index in [1.165, 1.54) is 31.2 Å². The number of carbonyl (C=O) groups is 1. The number of nitrogens with one attached hydrogen (secondary N) is 1. The Bertz CT molecular complexity index is 1310. The van der Waals surface area contributed by atoms with Crippen molar-refractivity contribution in [2.45, 2.75) is 5.16 Å². The summed E-state index contributed by atoms with van der Waals surface area (Å²) in [6.07, 6.45) is 1.47. The number of nitrogens with zero attached hydrogens (tertiary/aromatic N) is 4. The van der Waals surface area contributed by atoms with Crippen molar-refractivity contribution in [2.75, 3.05) is 12.9 Å². The highest BCUT2D eigenvalue weighted by atomic mass is 35.5. The van der Waals surface area contributed by atoms with Crippen molar-refractivity contribution >= 4 is 35.5 Å². The summed E-state index contributed by atoms with van der Waals surface area (Å²) in [5.74, 6) is 0.780. The third-order valence-corrected chi connectivity index (χ3v) is 5.87. The fraction of sp³-hybridized carbons (Fsp3) is 0.0833. The van der Waals surface area contributed by atoms with Crippen LogP contribution in [0.1, 0.15) is 5.56 Å². The van der Waals surface area contributed by atoms with E-state index in [9.17, 15) is 9.90 Å². The molecule has 0 aliphatic heterocycles. The molecule has 0 bridgehead atoms. The molecule has 0 saturated carbocycles. The molecule has 34 heavy (non-hydrogen) atoms. The summed E-state index contributed by atoms with van der Waals surface area (Å²) >= 11 is 7.30. The molecule has 0 spiro atoms. The predicted molar refractivity (Wildman–Crippen MR) is 133 cm³/mol. The SMILES string of the molecule is COc1cc(C=NNC(=O)CSc2nnc(-c3ccccc3)n2-c2ccc(Cl)cc2)ccc1O. The van der Waals surface area contributed by atoms with Gasteiger partial charge in [0, 0.05) is 16.3 Å². The maximum atomic E-state index is 12.4. The van der Waals surface area contributed by atoms with Crippen LogP contribution < -0.4 is 10.2 Å². The number of hydrogen-bond donors (Lipinski definition) is 2. The van der Waals surface area contributed by atoms with Crippen LogP contribution in [-0.4, -0.2) is 44.9 Å². The number of phenols is 1. The van der Waals surface area contributed by atoms with Crippen LogP contribution in [0.4, 0.5) is 0 Å². The molecule has 1 amide bonds. The molecule has 0 saturated heterocycles. The number of carbonyl (C=O) groups excluding carboxylic acids is 1. The summed E-state index contributed by atoms with van der Waals surface area (Å²) in [5.41, 5.74) is 4.88. The number of halogens is 1. The topological polar surface area (TPSA) is 102 Å². The Hall–Kier alpha value is -3.82. The quantitative estimate of drug-likeness (QED) is 0.212. The van der Waals surface area contributed by atoms with Crippen LogP contribution in [0.2, 0.25) is 5.02 Å². The summed E-state index contributed by atoms with van der Waals surface area (Å²) in [6, 6.07) is 21.8. The highest BCUT2D eigenvalue weighted by Gasteiger charge is 2.17. The molecule has 0 aliphatic carbocycles. The van der Waals surface area contributed by atoms with Crippen LogP contribution >= 0.6 is 23.4 Å². The Balaban J connectivity index is 1.48. The number of aromatic hydroxyl groups is 1. The first-order valence-electron chi connectivity index (χ1n) is 10.1. The maximum Gasteiger partial charge on any atom is 0.250 e. The molecule has 172 valence electrons. The van der Waals surface area contributed by atoms with Crippen LogP contribution in [0.25, 0.3) is 17.1 Å². The number of benzene rings is 3. The number of methoxy groups -OCH3 is 1. The van der Waals surface area contributed by atoms with Gasteiger partial charge in [-0.2, -0.15) is 5.10 Å². The smallest absolute Gasteiger partial charge is 0.250 e. The number of hydrogen-bond acceptors (Lipinski definition) is 7. The van der Waals surface area contributed by atoms with Crippen molar-refractivity contribution in [1.82, 2.24) is 20.2 Å². The minimum absolute atomic E-state index is 0.0276. The molecule has 0 aliphatic rings. The van der Waals surface area contributed by atoms with Gasteiger partial charge in [0.1, 0.15) is 0 Å². The lowest BCUT2D eigenvalue weighted by molar-refractivity contribution is -0.118. The lowest BCUT2D eigenvalue weighted by Gasteiger charge is -2.10. The first-order chi connectivity index (χ1) is 16.5. The second-order valence-corrected chi connectivity index (χ2v) is 8.38. The molecular formula is C24H20ClN5O3S. The maximum absolute atomic E-state index is 12.4. The third kappa shape index (κ3) is 5.56. The van der Waals surface area contributed by atoms with Crippen LogP contribution in [0.3, 0.4) is 0 Å². The number of phenolic OH excluding ortho intramolecular Hbond substituents is 1. The minimum atomic E-state index is -0.307. The van der Waals surface area contributed by atoms with E-state index < -0.39 is 0 Å². The molecule has 0 atom stereocenters. The van der Waals surface area contributed by atoms with Crippen LogP contribution in [-0.2, 0) is 4.79 Å². The van der Waals surface area contributed by atoms with Gasteiger partial charge < -0.3 is 9.84 Å². The number of aromatic nitrogens is 3. The Kier molecular flexibility index (Phi) is 7.46. The van der Waals surface area contributed by atoms with E-state index in [0.717, 1.165) is 11.3 Å². The number of hydrazone groups is 1. The predicted octanol–water partition coefficient (Wildman–Crippen LogP) is 4.54. The van der Waals surface area contributed by atoms with Gasteiger partial charge in [-0.25, -0.2) is 5.43 Å². The largest absolute Gasteiger partial charge is 0.504 e. The Labute approximate surface area is 205 Å². The lowest BCUT2D eigenvalue weighted by atomic mass is 10.2. The zero-order valence-corrected chi connectivity index (χ0v) is 19.6. The van der Waals surface area contributed by atoms with E-state index in [1.54, 1.807) is 24.3 Å². The standard InChI is InChI=1S/C24H20ClN5O3S/c1-33-21-13-16(7-12-20(21)31)14-26-27-22(32)15-34-24-29-28-23(17-5-3-2-4-6-17)30(24)19-10-8-18(25)9-11-19/h2-14,31H,15H2,1H3,(H,27,32). The van der Waals surface area contributed by atoms with E-state index >= 15 is 0 Å². The molecule has 3 aromatic carbocycles. The first-order valence-corrected chi connectivity index (χ1v) is 11.5. The zero-order chi connectivity index (χ0) is 23.9. The highest BCUT2D eigenvalue weighted by Crippen LogP contribution is 2.28. The van der Waals surface area contributed by atoms with Crippen molar-refractivity contribution in [3.8, 4) is 28.6 Å². The fourth-order valence-corrected chi connectivity index (χ4v) is 3.95. The summed E-state index contributed by atoms with van der Waals surface area (Å²) in [5, 5.41) is 23.5. The van der Waals surface area contributed by atoms with Crippen LogP contribution in [0, 0.1) is 0 Å².